The predicted molar refractivity (Wildman–Crippen MR) is 82.4 cm³/mol. The number of benzene rings is 1. The molecule has 0 saturated carbocycles. The molecule has 1 atom stereocenters. The van der Waals surface area contributed by atoms with Crippen LogP contribution < -0.4 is 4.72 Å². The Hall–Kier alpha value is -1.45. The first-order chi connectivity index (χ1) is 10.2. The van der Waals surface area contributed by atoms with E-state index in [9.17, 15) is 21.2 Å². The van der Waals surface area contributed by atoms with Crippen molar-refractivity contribution >= 4 is 30.8 Å². The molecule has 0 aliphatic heterocycles. The van der Waals surface area contributed by atoms with E-state index in [1.165, 1.54) is 32.2 Å². The first-order valence-electron chi connectivity index (χ1n) is 6.64. The summed E-state index contributed by atoms with van der Waals surface area (Å²) in [6.45, 7) is 2.95. The van der Waals surface area contributed by atoms with Gasteiger partial charge in [-0.3, -0.25) is 0 Å². The maximum atomic E-state index is 13.9. The van der Waals surface area contributed by atoms with Crippen molar-refractivity contribution in [2.75, 3.05) is 11.5 Å². The second kappa shape index (κ2) is 5.98. The highest BCUT2D eigenvalue weighted by molar-refractivity contribution is 7.91. The van der Waals surface area contributed by atoms with Crippen molar-refractivity contribution in [2.45, 2.75) is 24.8 Å². The molecule has 122 valence electrons. The lowest BCUT2D eigenvalue weighted by atomic mass is 10.2. The molecule has 0 radical (unpaired) electrons. The molecule has 0 spiro atoms. The van der Waals surface area contributed by atoms with Gasteiger partial charge in [-0.05, 0) is 19.1 Å². The molecule has 0 aliphatic carbocycles. The van der Waals surface area contributed by atoms with Crippen molar-refractivity contribution in [1.29, 1.82) is 0 Å². The minimum Gasteiger partial charge on any atom is -0.360 e. The summed E-state index contributed by atoms with van der Waals surface area (Å²) in [4.78, 5) is 2.46. The number of hydrogen-bond donors (Lipinski definition) is 2. The molecule has 22 heavy (non-hydrogen) atoms. The molecule has 1 unspecified atom stereocenters. The van der Waals surface area contributed by atoms with E-state index in [1.54, 1.807) is 6.07 Å². The van der Waals surface area contributed by atoms with Gasteiger partial charge in [0.15, 0.2) is 9.84 Å². The molecule has 1 aromatic heterocycles. The smallest absolute Gasteiger partial charge is 0.243 e. The third kappa shape index (κ3) is 3.47. The molecule has 0 aliphatic rings. The van der Waals surface area contributed by atoms with Crippen molar-refractivity contribution in [3.8, 4) is 0 Å². The second-order valence-electron chi connectivity index (χ2n) is 5.04. The molecular formula is C13H17FN2O4S2. The van der Waals surface area contributed by atoms with Crippen molar-refractivity contribution in [3.05, 3.63) is 30.2 Å². The highest BCUT2D eigenvalue weighted by atomic mass is 32.2. The molecule has 9 heteroatoms. The highest BCUT2D eigenvalue weighted by Gasteiger charge is 2.25. The minimum atomic E-state index is -4.03. The predicted octanol–water partition coefficient (Wildman–Crippen LogP) is 1.41. The standard InChI is InChI=1S/C13H17FN2O4S2/c1-3-21(17,18)8-9(2)16-22(19,20)12-7-15-11-6-4-5-10(14)13(11)12/h4-7,9,15-16H,3,8H2,1-2H3. The average molecular weight is 348 g/mol. The third-order valence-corrected chi connectivity index (χ3v) is 6.71. The second-order valence-corrected chi connectivity index (χ2v) is 9.12. The summed E-state index contributed by atoms with van der Waals surface area (Å²) in [5.41, 5.74) is 0.356. The zero-order chi connectivity index (χ0) is 16.5. The van der Waals surface area contributed by atoms with Crippen molar-refractivity contribution < 1.29 is 21.2 Å². The van der Waals surface area contributed by atoms with Gasteiger partial charge < -0.3 is 4.98 Å². The summed E-state index contributed by atoms with van der Waals surface area (Å²) in [5, 5.41) is -0.0412. The summed E-state index contributed by atoms with van der Waals surface area (Å²) in [7, 11) is -7.35. The van der Waals surface area contributed by atoms with Crippen LogP contribution in [0.3, 0.4) is 0 Å². The lowest BCUT2D eigenvalue weighted by molar-refractivity contribution is 0.563. The van der Waals surface area contributed by atoms with Crippen LogP contribution in [-0.4, -0.2) is 39.4 Å². The molecule has 1 heterocycles. The van der Waals surface area contributed by atoms with E-state index >= 15 is 0 Å². The van der Waals surface area contributed by atoms with E-state index < -0.39 is 31.7 Å². The van der Waals surface area contributed by atoms with Crippen LogP contribution >= 0.6 is 0 Å². The number of halogens is 1. The Morgan fingerprint density at radius 3 is 2.59 bits per heavy atom. The fourth-order valence-electron chi connectivity index (χ4n) is 2.18. The Balaban J connectivity index is 2.34. The van der Waals surface area contributed by atoms with Crippen LogP contribution in [0.1, 0.15) is 13.8 Å². The maximum absolute atomic E-state index is 13.9. The van der Waals surface area contributed by atoms with Crippen LogP contribution in [0, 0.1) is 5.82 Å². The maximum Gasteiger partial charge on any atom is 0.243 e. The fourth-order valence-corrected chi connectivity index (χ4v) is 4.80. The molecule has 2 rings (SSSR count). The van der Waals surface area contributed by atoms with Crippen LogP contribution in [0.25, 0.3) is 10.9 Å². The van der Waals surface area contributed by atoms with Gasteiger partial charge in [-0.25, -0.2) is 25.9 Å². The molecule has 2 aromatic rings. The number of sulfone groups is 1. The van der Waals surface area contributed by atoms with E-state index in [0.29, 0.717) is 5.52 Å². The van der Waals surface area contributed by atoms with Crippen LogP contribution in [0.15, 0.2) is 29.3 Å². The van der Waals surface area contributed by atoms with E-state index in [-0.39, 0.29) is 21.8 Å². The first kappa shape index (κ1) is 16.9. The topological polar surface area (TPSA) is 96.1 Å². The highest BCUT2D eigenvalue weighted by Crippen LogP contribution is 2.25. The van der Waals surface area contributed by atoms with E-state index in [1.807, 2.05) is 0 Å². The van der Waals surface area contributed by atoms with Gasteiger partial charge in [0.2, 0.25) is 10.0 Å². The van der Waals surface area contributed by atoms with Gasteiger partial charge in [-0.15, -0.1) is 0 Å². The van der Waals surface area contributed by atoms with E-state index in [2.05, 4.69) is 9.71 Å². The quantitative estimate of drug-likeness (QED) is 0.825. The van der Waals surface area contributed by atoms with Gasteiger partial charge >= 0.3 is 0 Å². The van der Waals surface area contributed by atoms with Gasteiger partial charge in [0.05, 0.1) is 11.1 Å². The van der Waals surface area contributed by atoms with E-state index in [0.717, 1.165) is 0 Å². The Morgan fingerprint density at radius 2 is 1.95 bits per heavy atom. The van der Waals surface area contributed by atoms with Crippen LogP contribution in [0.5, 0.6) is 0 Å². The number of aromatic nitrogens is 1. The molecule has 0 fully saturated rings. The van der Waals surface area contributed by atoms with Crippen molar-refractivity contribution in [3.63, 3.8) is 0 Å². The molecule has 0 amide bonds. The monoisotopic (exact) mass is 348 g/mol. The molecule has 0 saturated heterocycles. The molecule has 2 N–H and O–H groups in total. The Kier molecular flexibility index (Phi) is 4.59. The van der Waals surface area contributed by atoms with Gasteiger partial charge in [-0.2, -0.15) is 0 Å². The van der Waals surface area contributed by atoms with Crippen LogP contribution in [0.2, 0.25) is 0 Å². The van der Waals surface area contributed by atoms with Crippen LogP contribution in [-0.2, 0) is 19.9 Å². The van der Waals surface area contributed by atoms with Crippen molar-refractivity contribution in [1.82, 2.24) is 9.71 Å². The van der Waals surface area contributed by atoms with Gasteiger partial charge in [0, 0.05) is 23.5 Å². The minimum absolute atomic E-state index is 0.0412. The summed E-state index contributed by atoms with van der Waals surface area (Å²) in [6, 6.07) is 3.38. The zero-order valence-corrected chi connectivity index (χ0v) is 13.8. The fraction of sp³-hybridized carbons (Fsp3) is 0.385. The Labute approximate surface area is 128 Å². The number of aromatic amines is 1. The van der Waals surface area contributed by atoms with Gasteiger partial charge in [-0.1, -0.05) is 13.0 Å². The van der Waals surface area contributed by atoms with E-state index in [4.69, 9.17) is 0 Å². The van der Waals surface area contributed by atoms with Crippen molar-refractivity contribution in [2.24, 2.45) is 0 Å². The molecular weight excluding hydrogens is 331 g/mol. The normalized spacial score (nSPS) is 14.3. The van der Waals surface area contributed by atoms with Crippen LogP contribution in [0.4, 0.5) is 4.39 Å². The SMILES string of the molecule is CCS(=O)(=O)CC(C)NS(=O)(=O)c1c[nH]c2cccc(F)c12. The lowest BCUT2D eigenvalue weighted by Gasteiger charge is -2.13. The Morgan fingerprint density at radius 1 is 1.27 bits per heavy atom. The molecule has 1 aromatic carbocycles. The number of sulfonamides is 1. The number of rotatable bonds is 6. The molecule has 0 bridgehead atoms. The number of fused-ring (bicyclic) bond motifs is 1. The summed E-state index contributed by atoms with van der Waals surface area (Å²) in [5.74, 6) is -1.04. The summed E-state index contributed by atoms with van der Waals surface area (Å²) in [6.07, 6.45) is 1.19. The van der Waals surface area contributed by atoms with Gasteiger partial charge in [0.1, 0.15) is 10.7 Å². The summed E-state index contributed by atoms with van der Waals surface area (Å²) < 4.78 is 63.9. The molecule has 6 nitrogen and oxygen atoms in total. The largest absolute Gasteiger partial charge is 0.360 e. The number of H-pyrrole nitrogens is 1. The number of hydrogen-bond acceptors (Lipinski definition) is 4. The zero-order valence-electron chi connectivity index (χ0n) is 12.1. The third-order valence-electron chi connectivity index (χ3n) is 3.21. The first-order valence-corrected chi connectivity index (χ1v) is 9.95. The average Bonchev–Trinajstić information content (AvgIpc) is 2.83. The summed E-state index contributed by atoms with van der Waals surface area (Å²) >= 11 is 0. The number of nitrogens with one attached hydrogen (secondary N) is 2. The lowest BCUT2D eigenvalue weighted by Crippen LogP contribution is -2.37. The van der Waals surface area contributed by atoms with Gasteiger partial charge in [0.25, 0.3) is 0 Å². The Bertz CT molecular complexity index is 888.